The lowest BCUT2D eigenvalue weighted by molar-refractivity contribution is -0.142. The molecule has 0 aromatic heterocycles. The summed E-state index contributed by atoms with van der Waals surface area (Å²) >= 11 is 5.82. The highest BCUT2D eigenvalue weighted by atomic mass is 35.5. The molecule has 0 aliphatic carbocycles. The van der Waals surface area contributed by atoms with Gasteiger partial charge in [-0.3, -0.25) is 4.79 Å². The molecule has 1 atom stereocenters. The van der Waals surface area contributed by atoms with E-state index in [1.165, 1.54) is 25.3 Å². The molecular weight excluding hydrogens is 321 g/mol. The second-order valence-corrected chi connectivity index (χ2v) is 5.30. The number of ether oxygens (including phenoxy) is 1. The van der Waals surface area contributed by atoms with E-state index in [1.54, 1.807) is 30.3 Å². The fraction of sp³-hybridized carbons (Fsp3) is 0.176. The molecule has 1 amide bonds. The number of carbonyl (C=O) groups is 2. The van der Waals surface area contributed by atoms with E-state index in [1.807, 2.05) is 0 Å². The molecule has 2 rings (SSSR count). The third kappa shape index (κ3) is 4.53. The Balaban J connectivity index is 2.15. The number of hydrogen-bond acceptors (Lipinski definition) is 3. The van der Waals surface area contributed by atoms with Crippen molar-refractivity contribution in [1.82, 2.24) is 5.32 Å². The quantitative estimate of drug-likeness (QED) is 0.855. The van der Waals surface area contributed by atoms with E-state index < -0.39 is 23.7 Å². The number of methoxy groups -OCH3 is 1. The van der Waals surface area contributed by atoms with Crippen LogP contribution in [0.25, 0.3) is 0 Å². The molecule has 0 fully saturated rings. The maximum absolute atomic E-state index is 13.7. The summed E-state index contributed by atoms with van der Waals surface area (Å²) in [5, 5.41) is 3.07. The van der Waals surface area contributed by atoms with Crippen LogP contribution < -0.4 is 5.32 Å². The molecule has 0 aliphatic heterocycles. The van der Waals surface area contributed by atoms with Gasteiger partial charge < -0.3 is 10.1 Å². The van der Waals surface area contributed by atoms with E-state index in [4.69, 9.17) is 16.3 Å². The van der Waals surface area contributed by atoms with Crippen LogP contribution in [-0.4, -0.2) is 25.0 Å². The Hall–Kier alpha value is -2.40. The van der Waals surface area contributed by atoms with Crippen LogP contribution in [0.1, 0.15) is 15.9 Å². The molecule has 1 N–H and O–H groups in total. The topological polar surface area (TPSA) is 55.4 Å². The molecule has 0 unspecified atom stereocenters. The van der Waals surface area contributed by atoms with Crippen molar-refractivity contribution in [2.75, 3.05) is 7.11 Å². The van der Waals surface area contributed by atoms with Gasteiger partial charge in [-0.1, -0.05) is 35.9 Å². The zero-order valence-electron chi connectivity index (χ0n) is 12.4. The van der Waals surface area contributed by atoms with Crippen molar-refractivity contribution in [3.63, 3.8) is 0 Å². The van der Waals surface area contributed by atoms with Gasteiger partial charge in [-0.15, -0.1) is 0 Å². The Bertz CT molecular complexity index is 703. The predicted octanol–water partition coefficient (Wildman–Crippen LogP) is 2.99. The van der Waals surface area contributed by atoms with Crippen molar-refractivity contribution >= 4 is 23.5 Å². The molecule has 2 aromatic rings. The SMILES string of the molecule is COC(=O)[C@H](Cc1ccc(Cl)cc1)NC(=O)c1ccccc1F. The van der Waals surface area contributed by atoms with E-state index in [0.29, 0.717) is 5.02 Å². The maximum atomic E-state index is 13.7. The number of rotatable bonds is 5. The van der Waals surface area contributed by atoms with Crippen LogP contribution in [0.15, 0.2) is 48.5 Å². The molecule has 0 bridgehead atoms. The zero-order valence-corrected chi connectivity index (χ0v) is 13.1. The first kappa shape index (κ1) is 17.0. The fourth-order valence-electron chi connectivity index (χ4n) is 2.07. The minimum absolute atomic E-state index is 0.127. The molecule has 0 saturated heterocycles. The molecule has 0 aliphatic rings. The summed E-state index contributed by atoms with van der Waals surface area (Å²) in [6, 6.07) is 11.5. The second kappa shape index (κ2) is 7.74. The number of amides is 1. The Kier molecular flexibility index (Phi) is 5.71. The van der Waals surface area contributed by atoms with E-state index in [2.05, 4.69) is 5.32 Å². The molecule has 23 heavy (non-hydrogen) atoms. The summed E-state index contributed by atoms with van der Waals surface area (Å²) in [7, 11) is 1.23. The monoisotopic (exact) mass is 335 g/mol. The lowest BCUT2D eigenvalue weighted by Crippen LogP contribution is -2.43. The van der Waals surface area contributed by atoms with Crippen LogP contribution in [0.5, 0.6) is 0 Å². The van der Waals surface area contributed by atoms with E-state index in [-0.39, 0.29) is 12.0 Å². The maximum Gasteiger partial charge on any atom is 0.328 e. The van der Waals surface area contributed by atoms with Gasteiger partial charge in [-0.2, -0.15) is 0 Å². The Labute approximate surface area is 138 Å². The summed E-state index contributed by atoms with van der Waals surface area (Å²) in [6.45, 7) is 0. The van der Waals surface area contributed by atoms with Crippen LogP contribution in [0.3, 0.4) is 0 Å². The van der Waals surface area contributed by atoms with Gasteiger partial charge in [-0.25, -0.2) is 9.18 Å². The summed E-state index contributed by atoms with van der Waals surface area (Å²) in [6.07, 6.45) is 0.212. The van der Waals surface area contributed by atoms with Crippen molar-refractivity contribution in [3.8, 4) is 0 Å². The molecular formula is C17H15ClFNO3. The molecule has 6 heteroatoms. The molecule has 0 radical (unpaired) electrons. The normalized spacial score (nSPS) is 11.6. The number of esters is 1. The Morgan fingerprint density at radius 2 is 1.83 bits per heavy atom. The summed E-state index contributed by atoms with van der Waals surface area (Å²) < 4.78 is 18.4. The Morgan fingerprint density at radius 3 is 2.43 bits per heavy atom. The average Bonchev–Trinajstić information content (AvgIpc) is 2.55. The molecule has 120 valence electrons. The first-order valence-electron chi connectivity index (χ1n) is 6.89. The zero-order chi connectivity index (χ0) is 16.8. The number of carbonyl (C=O) groups excluding carboxylic acids is 2. The van der Waals surface area contributed by atoms with E-state index in [9.17, 15) is 14.0 Å². The first-order chi connectivity index (χ1) is 11.0. The van der Waals surface area contributed by atoms with Crippen LogP contribution in [0.4, 0.5) is 4.39 Å². The molecule has 0 saturated carbocycles. The lowest BCUT2D eigenvalue weighted by Gasteiger charge is -2.17. The number of halogens is 2. The smallest absolute Gasteiger partial charge is 0.328 e. The predicted molar refractivity (Wildman–Crippen MR) is 84.8 cm³/mol. The highest BCUT2D eigenvalue weighted by molar-refractivity contribution is 6.30. The van der Waals surface area contributed by atoms with Crippen molar-refractivity contribution in [1.29, 1.82) is 0 Å². The van der Waals surface area contributed by atoms with Crippen molar-refractivity contribution in [3.05, 3.63) is 70.5 Å². The summed E-state index contributed by atoms with van der Waals surface area (Å²) in [5.41, 5.74) is 0.663. The standard InChI is InChI=1S/C17H15ClFNO3/c1-23-17(22)15(10-11-6-8-12(18)9-7-11)20-16(21)13-4-2-3-5-14(13)19/h2-9,15H,10H2,1H3,(H,20,21)/t15-/m0/s1. The van der Waals surface area contributed by atoms with Crippen molar-refractivity contribution in [2.45, 2.75) is 12.5 Å². The first-order valence-corrected chi connectivity index (χ1v) is 7.26. The van der Waals surface area contributed by atoms with Crippen molar-refractivity contribution in [2.24, 2.45) is 0 Å². The number of nitrogens with one attached hydrogen (secondary N) is 1. The van der Waals surface area contributed by atoms with Gasteiger partial charge in [0.15, 0.2) is 0 Å². The van der Waals surface area contributed by atoms with Gasteiger partial charge in [0.05, 0.1) is 12.7 Å². The van der Waals surface area contributed by atoms with Gasteiger partial charge in [0.2, 0.25) is 0 Å². The molecule has 0 spiro atoms. The minimum atomic E-state index is -0.923. The van der Waals surface area contributed by atoms with Crippen LogP contribution in [0, 0.1) is 5.82 Å². The van der Waals surface area contributed by atoms with Crippen LogP contribution in [-0.2, 0) is 16.0 Å². The summed E-state index contributed by atoms with van der Waals surface area (Å²) in [4.78, 5) is 24.0. The van der Waals surface area contributed by atoms with Crippen LogP contribution in [0.2, 0.25) is 5.02 Å². The van der Waals surface area contributed by atoms with Gasteiger partial charge in [0, 0.05) is 11.4 Å². The number of benzene rings is 2. The highest BCUT2D eigenvalue weighted by Gasteiger charge is 2.23. The van der Waals surface area contributed by atoms with Crippen molar-refractivity contribution < 1.29 is 18.7 Å². The molecule has 4 nitrogen and oxygen atoms in total. The third-order valence-electron chi connectivity index (χ3n) is 3.26. The lowest BCUT2D eigenvalue weighted by atomic mass is 10.1. The largest absolute Gasteiger partial charge is 0.467 e. The van der Waals surface area contributed by atoms with E-state index >= 15 is 0 Å². The second-order valence-electron chi connectivity index (χ2n) is 4.86. The Morgan fingerprint density at radius 1 is 1.17 bits per heavy atom. The van der Waals surface area contributed by atoms with Gasteiger partial charge in [0.25, 0.3) is 5.91 Å². The molecule has 0 heterocycles. The van der Waals surface area contributed by atoms with E-state index in [0.717, 1.165) is 5.56 Å². The fourth-order valence-corrected chi connectivity index (χ4v) is 2.20. The highest BCUT2D eigenvalue weighted by Crippen LogP contribution is 2.12. The minimum Gasteiger partial charge on any atom is -0.467 e. The average molecular weight is 336 g/mol. The van der Waals surface area contributed by atoms with Gasteiger partial charge in [-0.05, 0) is 29.8 Å². The third-order valence-corrected chi connectivity index (χ3v) is 3.51. The number of hydrogen-bond donors (Lipinski definition) is 1. The summed E-state index contributed by atoms with van der Waals surface area (Å²) in [5.74, 6) is -1.93. The molecule has 2 aromatic carbocycles. The van der Waals surface area contributed by atoms with Gasteiger partial charge in [0.1, 0.15) is 11.9 Å². The van der Waals surface area contributed by atoms with Gasteiger partial charge >= 0.3 is 5.97 Å². The van der Waals surface area contributed by atoms with Crippen LogP contribution >= 0.6 is 11.6 Å².